The highest BCUT2D eigenvalue weighted by Crippen LogP contribution is 2.21. The molecule has 1 aliphatic rings. The van der Waals surface area contributed by atoms with E-state index in [0.29, 0.717) is 12.1 Å². The molecule has 1 saturated carbocycles. The lowest BCUT2D eigenvalue weighted by Gasteiger charge is -2.27. The number of allylic oxidation sites excluding steroid dienone is 2. The van der Waals surface area contributed by atoms with E-state index in [0.717, 1.165) is 23.7 Å². The Hall–Kier alpha value is -0.830. The van der Waals surface area contributed by atoms with Gasteiger partial charge in [0.15, 0.2) is 0 Å². The van der Waals surface area contributed by atoms with Gasteiger partial charge >= 0.3 is 0 Å². The molecule has 1 aliphatic carbocycles. The highest BCUT2D eigenvalue weighted by molar-refractivity contribution is 5.78. The van der Waals surface area contributed by atoms with Crippen molar-refractivity contribution in [2.45, 2.75) is 65.5 Å². The van der Waals surface area contributed by atoms with E-state index in [1.165, 1.54) is 25.7 Å². The van der Waals surface area contributed by atoms with Crippen LogP contribution in [-0.4, -0.2) is 24.8 Å². The Kier molecular flexibility index (Phi) is 6.41. The molecule has 3 nitrogen and oxygen atoms in total. The Morgan fingerprint density at radius 1 is 1.28 bits per heavy atom. The zero-order valence-electron chi connectivity index (χ0n) is 12.4. The minimum Gasteiger partial charge on any atom is -0.402 e. The fraction of sp³-hybridized carbons (Fsp3) is 0.800. The quantitative estimate of drug-likeness (QED) is 0.738. The largest absolute Gasteiger partial charge is 0.402 e. The molecule has 18 heavy (non-hydrogen) atoms. The molecule has 0 aromatic carbocycles. The van der Waals surface area contributed by atoms with Crippen molar-refractivity contribution < 1.29 is 0 Å². The first-order valence-corrected chi connectivity index (χ1v) is 7.18. The van der Waals surface area contributed by atoms with Crippen molar-refractivity contribution in [1.29, 1.82) is 0 Å². The average Bonchev–Trinajstić information content (AvgIpc) is 2.34. The molecule has 104 valence electrons. The zero-order valence-corrected chi connectivity index (χ0v) is 12.4. The molecule has 0 unspecified atom stereocenters. The molecule has 1 fully saturated rings. The van der Waals surface area contributed by atoms with Crippen LogP contribution >= 0.6 is 0 Å². The van der Waals surface area contributed by atoms with Crippen molar-refractivity contribution >= 4 is 6.21 Å². The van der Waals surface area contributed by atoms with E-state index in [-0.39, 0.29) is 0 Å². The molecule has 0 saturated heterocycles. The molecule has 0 aromatic heterocycles. The summed E-state index contributed by atoms with van der Waals surface area (Å²) >= 11 is 0. The molecule has 0 atom stereocenters. The van der Waals surface area contributed by atoms with E-state index in [1.807, 2.05) is 20.1 Å². The second-order valence-electron chi connectivity index (χ2n) is 5.95. The minimum atomic E-state index is 0.497. The van der Waals surface area contributed by atoms with Gasteiger partial charge in [-0.2, -0.15) is 0 Å². The fourth-order valence-corrected chi connectivity index (χ4v) is 2.15. The number of nitrogens with zero attached hydrogens (tertiary/aromatic N) is 1. The van der Waals surface area contributed by atoms with Crippen molar-refractivity contribution in [3.05, 3.63) is 11.3 Å². The molecule has 0 aromatic rings. The summed E-state index contributed by atoms with van der Waals surface area (Å²) in [4.78, 5) is 4.64. The van der Waals surface area contributed by atoms with E-state index >= 15 is 0 Å². The minimum absolute atomic E-state index is 0.497. The zero-order chi connectivity index (χ0) is 13.5. The first kappa shape index (κ1) is 15.2. The van der Waals surface area contributed by atoms with Gasteiger partial charge in [-0.15, -0.1) is 0 Å². The van der Waals surface area contributed by atoms with Crippen LogP contribution in [0.3, 0.4) is 0 Å². The smallest absolute Gasteiger partial charge is 0.0500 e. The van der Waals surface area contributed by atoms with E-state index in [1.54, 1.807) is 0 Å². The van der Waals surface area contributed by atoms with Crippen LogP contribution in [0.2, 0.25) is 0 Å². The van der Waals surface area contributed by atoms with Crippen molar-refractivity contribution in [3.63, 3.8) is 0 Å². The predicted octanol–water partition coefficient (Wildman–Crippen LogP) is 2.87. The lowest BCUT2D eigenvalue weighted by molar-refractivity contribution is 0.333. The molecule has 0 bridgehead atoms. The summed E-state index contributed by atoms with van der Waals surface area (Å²) in [5, 5.41) is 3.64. The van der Waals surface area contributed by atoms with Gasteiger partial charge in [-0.3, -0.25) is 4.99 Å². The monoisotopic (exact) mass is 251 g/mol. The molecule has 0 spiro atoms. The van der Waals surface area contributed by atoms with Crippen molar-refractivity contribution in [2.24, 2.45) is 16.6 Å². The number of nitrogens with two attached hydrogens (primary N) is 1. The summed E-state index contributed by atoms with van der Waals surface area (Å²) in [5.74, 6) is 0.737. The number of rotatable bonds is 5. The molecule has 0 aliphatic heterocycles. The Morgan fingerprint density at radius 3 is 2.39 bits per heavy atom. The first-order valence-electron chi connectivity index (χ1n) is 7.18. The van der Waals surface area contributed by atoms with E-state index in [4.69, 9.17) is 5.73 Å². The van der Waals surface area contributed by atoms with E-state index < -0.39 is 0 Å². The summed E-state index contributed by atoms with van der Waals surface area (Å²) in [6.07, 6.45) is 6.84. The van der Waals surface area contributed by atoms with Gasteiger partial charge in [0.05, 0.1) is 6.04 Å². The van der Waals surface area contributed by atoms with Crippen LogP contribution in [0, 0.1) is 5.92 Å². The van der Waals surface area contributed by atoms with Crippen LogP contribution in [0.15, 0.2) is 16.3 Å². The molecular weight excluding hydrogens is 222 g/mol. The molecule has 3 N–H and O–H groups in total. The van der Waals surface area contributed by atoms with Crippen LogP contribution in [0.5, 0.6) is 0 Å². The predicted molar refractivity (Wildman–Crippen MR) is 79.9 cm³/mol. The Labute approximate surface area is 112 Å². The molecule has 3 heteroatoms. The summed E-state index contributed by atoms with van der Waals surface area (Å²) in [5.41, 5.74) is 7.68. The second kappa shape index (κ2) is 7.57. The lowest BCUT2D eigenvalue weighted by atomic mass is 9.91. The summed E-state index contributed by atoms with van der Waals surface area (Å²) in [6, 6.07) is 1.20. The molecular formula is C15H29N3. The third-order valence-electron chi connectivity index (χ3n) is 3.61. The summed E-state index contributed by atoms with van der Waals surface area (Å²) < 4.78 is 0. The maximum absolute atomic E-state index is 5.72. The Bertz CT molecular complexity index is 293. The van der Waals surface area contributed by atoms with Gasteiger partial charge in [0.25, 0.3) is 0 Å². The van der Waals surface area contributed by atoms with Crippen LogP contribution in [-0.2, 0) is 0 Å². The summed E-state index contributed by atoms with van der Waals surface area (Å²) in [7, 11) is 0. The van der Waals surface area contributed by atoms with Crippen LogP contribution < -0.4 is 11.1 Å². The Morgan fingerprint density at radius 2 is 1.89 bits per heavy atom. The molecule has 0 radical (unpaired) electrons. The second-order valence-corrected chi connectivity index (χ2v) is 5.95. The lowest BCUT2D eigenvalue weighted by Crippen LogP contribution is -2.36. The van der Waals surface area contributed by atoms with Gasteiger partial charge in [-0.05, 0) is 57.6 Å². The molecule has 0 amide bonds. The number of nitrogens with one attached hydrogen (secondary N) is 1. The number of hydrogen-bond donors (Lipinski definition) is 2. The van der Waals surface area contributed by atoms with Crippen molar-refractivity contribution in [3.8, 4) is 0 Å². The highest BCUT2D eigenvalue weighted by Gasteiger charge is 2.19. The molecule has 1 rings (SSSR count). The average molecular weight is 251 g/mol. The van der Waals surface area contributed by atoms with Crippen LogP contribution in [0.25, 0.3) is 0 Å². The fourth-order valence-electron chi connectivity index (χ4n) is 2.15. The van der Waals surface area contributed by atoms with Crippen molar-refractivity contribution in [1.82, 2.24) is 5.32 Å². The SMILES string of the molecule is C/C(N)=C(\C)C=NC1CCC(NCC(C)C)CC1. The van der Waals surface area contributed by atoms with Crippen LogP contribution in [0.1, 0.15) is 53.4 Å². The van der Waals surface area contributed by atoms with Crippen LogP contribution in [0.4, 0.5) is 0 Å². The third kappa shape index (κ3) is 5.67. The topological polar surface area (TPSA) is 50.4 Å². The maximum Gasteiger partial charge on any atom is 0.0500 e. The van der Waals surface area contributed by atoms with Gasteiger partial charge in [0, 0.05) is 18.0 Å². The normalized spacial score (nSPS) is 26.7. The van der Waals surface area contributed by atoms with E-state index in [9.17, 15) is 0 Å². The number of hydrogen-bond acceptors (Lipinski definition) is 3. The highest BCUT2D eigenvalue weighted by atomic mass is 14.9. The standard InChI is InChI=1S/C15H29N3/c1-11(2)9-17-14-5-7-15(8-6-14)18-10-12(3)13(4)16/h10-11,14-15,17H,5-9,16H2,1-4H3/b13-12-,18-10?. The van der Waals surface area contributed by atoms with Gasteiger partial charge in [-0.1, -0.05) is 13.8 Å². The van der Waals surface area contributed by atoms with Crippen molar-refractivity contribution in [2.75, 3.05) is 6.54 Å². The third-order valence-corrected chi connectivity index (χ3v) is 3.61. The molecule has 0 heterocycles. The van der Waals surface area contributed by atoms with Gasteiger partial charge < -0.3 is 11.1 Å². The summed E-state index contributed by atoms with van der Waals surface area (Å²) in [6.45, 7) is 9.59. The van der Waals surface area contributed by atoms with Gasteiger partial charge in [-0.25, -0.2) is 0 Å². The first-order chi connectivity index (χ1) is 8.49. The van der Waals surface area contributed by atoms with Gasteiger partial charge in [0.1, 0.15) is 0 Å². The number of aliphatic imine (C=N–C) groups is 1. The van der Waals surface area contributed by atoms with E-state index in [2.05, 4.69) is 24.2 Å². The maximum atomic E-state index is 5.72. The Balaban J connectivity index is 2.29. The van der Waals surface area contributed by atoms with Gasteiger partial charge in [0.2, 0.25) is 0 Å².